The Kier molecular flexibility index (Phi) is 7.25. The Labute approximate surface area is 220 Å². The number of carbonyl (C=O) groups excluding carboxylic acids is 3. The number of nitrogens with one attached hydrogen (secondary N) is 1. The normalized spacial score (nSPS) is 18.8. The summed E-state index contributed by atoms with van der Waals surface area (Å²) in [6.45, 7) is 1.60. The Morgan fingerprint density at radius 2 is 1.86 bits per heavy atom. The summed E-state index contributed by atoms with van der Waals surface area (Å²) in [6.07, 6.45) is 1.54. The van der Waals surface area contributed by atoms with Crippen molar-refractivity contribution in [2.24, 2.45) is 5.92 Å². The average Bonchev–Trinajstić information content (AvgIpc) is 3.45. The predicted octanol–water partition coefficient (Wildman–Crippen LogP) is 3.85. The van der Waals surface area contributed by atoms with Crippen LogP contribution in [-0.2, 0) is 20.9 Å². The van der Waals surface area contributed by atoms with Crippen molar-refractivity contribution in [3.05, 3.63) is 71.1 Å². The Hall–Kier alpha value is -3.69. The van der Waals surface area contributed by atoms with Crippen LogP contribution in [0.15, 0.2) is 60.0 Å². The second-order valence-corrected chi connectivity index (χ2v) is 10.5. The van der Waals surface area contributed by atoms with Gasteiger partial charge in [-0.3, -0.25) is 14.4 Å². The molecular weight excluding hydrogens is 488 g/mol. The maximum atomic E-state index is 13.3. The minimum Gasteiger partial charge on any atom is -0.397 e. The Balaban J connectivity index is 1.26. The zero-order valence-corrected chi connectivity index (χ0v) is 21.5. The molecule has 1 unspecified atom stereocenters. The Morgan fingerprint density at radius 1 is 1.11 bits per heavy atom. The van der Waals surface area contributed by atoms with Crippen molar-refractivity contribution in [3.63, 3.8) is 0 Å². The first-order chi connectivity index (χ1) is 17.9. The third-order valence-corrected chi connectivity index (χ3v) is 8.03. The fourth-order valence-corrected chi connectivity index (χ4v) is 5.70. The molecule has 1 atom stereocenters. The van der Waals surface area contributed by atoms with Crippen molar-refractivity contribution in [3.8, 4) is 10.4 Å². The summed E-state index contributed by atoms with van der Waals surface area (Å²) >= 11 is 1.62. The fourth-order valence-electron chi connectivity index (χ4n) is 4.98. The number of nitrogens with zero attached hydrogens (tertiary/aromatic N) is 2. The van der Waals surface area contributed by atoms with Crippen LogP contribution in [0.5, 0.6) is 0 Å². The number of hydrogen-bond donors (Lipinski definition) is 2. The molecule has 3 aromatic rings. The summed E-state index contributed by atoms with van der Waals surface area (Å²) < 4.78 is 5.44. The molecule has 8 nitrogen and oxygen atoms in total. The molecule has 3 heterocycles. The molecule has 9 heteroatoms. The molecule has 0 saturated carbocycles. The molecule has 0 aliphatic carbocycles. The summed E-state index contributed by atoms with van der Waals surface area (Å²) in [7, 11) is 1.72. The third-order valence-electron chi connectivity index (χ3n) is 7.11. The van der Waals surface area contributed by atoms with E-state index in [0.717, 1.165) is 28.8 Å². The SMILES string of the molecule is CN1C(=O)CN(Cc2ccc(C(=O)Nc3cc(-c4cccs4)ccc3N)cc2)C(=O)C1C1CCOCC1. The predicted molar refractivity (Wildman–Crippen MR) is 144 cm³/mol. The highest BCUT2D eigenvalue weighted by atomic mass is 32.1. The molecule has 5 rings (SSSR count). The van der Waals surface area contributed by atoms with Crippen molar-refractivity contribution in [1.29, 1.82) is 0 Å². The third kappa shape index (κ3) is 5.38. The van der Waals surface area contributed by atoms with E-state index >= 15 is 0 Å². The lowest BCUT2D eigenvalue weighted by molar-refractivity contribution is -0.158. The lowest BCUT2D eigenvalue weighted by atomic mass is 9.88. The molecule has 3 N–H and O–H groups in total. The van der Waals surface area contributed by atoms with Gasteiger partial charge in [-0.25, -0.2) is 0 Å². The van der Waals surface area contributed by atoms with Crippen LogP contribution in [0.3, 0.4) is 0 Å². The van der Waals surface area contributed by atoms with Gasteiger partial charge < -0.3 is 25.6 Å². The quantitative estimate of drug-likeness (QED) is 0.483. The van der Waals surface area contributed by atoms with Gasteiger partial charge in [-0.15, -0.1) is 11.3 Å². The standard InChI is InChI=1S/C28H30N4O4S/c1-31-25(33)17-32(28(35)26(31)19-10-12-36-13-11-19)16-18-4-6-20(7-5-18)27(34)30-23-15-21(8-9-22(23)29)24-3-2-14-37-24/h2-9,14-15,19,26H,10-13,16-17,29H2,1H3,(H,30,34). The Bertz CT molecular complexity index is 1290. The van der Waals surface area contributed by atoms with Crippen LogP contribution in [0.25, 0.3) is 10.4 Å². The van der Waals surface area contributed by atoms with E-state index in [1.165, 1.54) is 0 Å². The molecule has 2 aliphatic rings. The number of anilines is 2. The van der Waals surface area contributed by atoms with Gasteiger partial charge in [0, 0.05) is 37.2 Å². The van der Waals surface area contributed by atoms with Crippen molar-refractivity contribution >= 4 is 40.4 Å². The van der Waals surface area contributed by atoms with E-state index in [1.807, 2.05) is 41.8 Å². The highest BCUT2D eigenvalue weighted by Gasteiger charge is 2.42. The minimum atomic E-state index is -0.453. The summed E-state index contributed by atoms with van der Waals surface area (Å²) in [6, 6.07) is 16.2. The fraction of sp³-hybridized carbons (Fsp3) is 0.321. The molecule has 2 saturated heterocycles. The van der Waals surface area contributed by atoms with Gasteiger partial charge in [-0.05, 0) is 65.6 Å². The number of ether oxygens (including phenoxy) is 1. The van der Waals surface area contributed by atoms with Crippen molar-refractivity contribution in [2.75, 3.05) is 37.9 Å². The number of nitrogen functional groups attached to an aromatic ring is 1. The molecule has 0 bridgehead atoms. The van der Waals surface area contributed by atoms with Gasteiger partial charge in [0.15, 0.2) is 0 Å². The van der Waals surface area contributed by atoms with Crippen LogP contribution in [0, 0.1) is 5.92 Å². The van der Waals surface area contributed by atoms with Crippen LogP contribution in [0.2, 0.25) is 0 Å². The number of carbonyl (C=O) groups is 3. The van der Waals surface area contributed by atoms with Crippen LogP contribution in [-0.4, -0.2) is 60.4 Å². The smallest absolute Gasteiger partial charge is 0.255 e. The highest BCUT2D eigenvalue weighted by Crippen LogP contribution is 2.31. The van der Waals surface area contributed by atoms with E-state index in [1.54, 1.807) is 46.4 Å². The van der Waals surface area contributed by atoms with Crippen LogP contribution >= 0.6 is 11.3 Å². The topological polar surface area (TPSA) is 105 Å². The lowest BCUT2D eigenvalue weighted by Gasteiger charge is -2.42. The monoisotopic (exact) mass is 518 g/mol. The molecule has 192 valence electrons. The molecule has 1 aromatic heterocycles. The molecule has 2 aliphatic heterocycles. The molecule has 37 heavy (non-hydrogen) atoms. The first-order valence-electron chi connectivity index (χ1n) is 12.4. The highest BCUT2D eigenvalue weighted by molar-refractivity contribution is 7.13. The molecular formula is C28H30N4O4S. The van der Waals surface area contributed by atoms with E-state index in [-0.39, 0.29) is 30.2 Å². The summed E-state index contributed by atoms with van der Waals surface area (Å²) in [4.78, 5) is 43.2. The maximum Gasteiger partial charge on any atom is 0.255 e. The second-order valence-electron chi connectivity index (χ2n) is 9.52. The van der Waals surface area contributed by atoms with Gasteiger partial charge in [0.1, 0.15) is 12.6 Å². The van der Waals surface area contributed by atoms with Crippen LogP contribution < -0.4 is 11.1 Å². The summed E-state index contributed by atoms with van der Waals surface area (Å²) in [5, 5.41) is 4.91. The first-order valence-corrected chi connectivity index (χ1v) is 13.2. The van der Waals surface area contributed by atoms with Gasteiger partial charge >= 0.3 is 0 Å². The van der Waals surface area contributed by atoms with Gasteiger partial charge in [-0.2, -0.15) is 0 Å². The number of hydrogen-bond acceptors (Lipinski definition) is 6. The van der Waals surface area contributed by atoms with E-state index < -0.39 is 6.04 Å². The van der Waals surface area contributed by atoms with Gasteiger partial charge in [0.2, 0.25) is 11.8 Å². The number of likely N-dealkylation sites (N-methyl/N-ethyl adjacent to an activating group) is 1. The number of thiophene rings is 1. The van der Waals surface area contributed by atoms with Gasteiger partial charge in [-0.1, -0.05) is 24.3 Å². The van der Waals surface area contributed by atoms with E-state index in [4.69, 9.17) is 10.5 Å². The Morgan fingerprint density at radius 3 is 2.57 bits per heavy atom. The van der Waals surface area contributed by atoms with Crippen LogP contribution in [0.1, 0.15) is 28.8 Å². The summed E-state index contributed by atoms with van der Waals surface area (Å²) in [5.74, 6) is -0.256. The molecule has 3 amide bonds. The van der Waals surface area contributed by atoms with E-state index in [9.17, 15) is 14.4 Å². The van der Waals surface area contributed by atoms with Crippen molar-refractivity contribution in [1.82, 2.24) is 9.80 Å². The van der Waals surface area contributed by atoms with E-state index in [2.05, 4.69) is 5.32 Å². The number of rotatable bonds is 6. The molecule has 2 aromatic carbocycles. The number of nitrogens with two attached hydrogens (primary N) is 1. The van der Waals surface area contributed by atoms with Gasteiger partial charge in [0.05, 0.1) is 11.4 Å². The first kappa shape index (κ1) is 25.0. The van der Waals surface area contributed by atoms with Crippen molar-refractivity contribution < 1.29 is 19.1 Å². The number of benzene rings is 2. The second kappa shape index (κ2) is 10.7. The largest absolute Gasteiger partial charge is 0.397 e. The lowest BCUT2D eigenvalue weighted by Crippen LogP contribution is -2.61. The zero-order chi connectivity index (χ0) is 25.9. The minimum absolute atomic E-state index is 0.0306. The van der Waals surface area contributed by atoms with Crippen LogP contribution in [0.4, 0.5) is 11.4 Å². The number of amides is 3. The maximum absolute atomic E-state index is 13.3. The molecule has 2 fully saturated rings. The van der Waals surface area contributed by atoms with Gasteiger partial charge in [0.25, 0.3) is 5.91 Å². The summed E-state index contributed by atoms with van der Waals surface area (Å²) in [5.41, 5.74) is 9.47. The molecule has 0 spiro atoms. The molecule has 0 radical (unpaired) electrons. The average molecular weight is 519 g/mol. The van der Waals surface area contributed by atoms with Crippen molar-refractivity contribution in [2.45, 2.75) is 25.4 Å². The zero-order valence-electron chi connectivity index (χ0n) is 20.7. The van der Waals surface area contributed by atoms with E-state index in [0.29, 0.717) is 36.7 Å². The number of piperazine rings is 1.